The molecule has 0 aromatic carbocycles. The lowest BCUT2D eigenvalue weighted by atomic mass is 9.82. The molecule has 0 amide bonds. The van der Waals surface area contributed by atoms with Crippen LogP contribution in [0.1, 0.15) is 34.1 Å². The van der Waals surface area contributed by atoms with Gasteiger partial charge in [-0.1, -0.05) is 31.1 Å². The molecule has 3 atom stereocenters. The number of sulfonamides is 1. The van der Waals surface area contributed by atoms with E-state index < -0.39 is 15.6 Å². The summed E-state index contributed by atoms with van der Waals surface area (Å²) in [6.45, 7) is 7.54. The molecule has 2 aliphatic rings. The van der Waals surface area contributed by atoms with E-state index in [2.05, 4.69) is 21.8 Å². The molecule has 27 heavy (non-hydrogen) atoms. The third kappa shape index (κ3) is 4.66. The third-order valence-corrected chi connectivity index (χ3v) is 7.35. The monoisotopic (exact) mass is 406 g/mol. The highest BCUT2D eigenvalue weighted by Crippen LogP contribution is 2.31. The maximum Gasteiger partial charge on any atom is 0.239 e. The Labute approximate surface area is 167 Å². The van der Waals surface area contributed by atoms with Crippen molar-refractivity contribution in [2.75, 3.05) is 12.8 Å². The lowest BCUT2D eigenvalue weighted by Crippen LogP contribution is -2.53. The Balaban J connectivity index is 2.18. The van der Waals surface area contributed by atoms with Crippen LogP contribution in [0.3, 0.4) is 0 Å². The number of hydrogen-bond acceptors (Lipinski definition) is 6. The summed E-state index contributed by atoms with van der Waals surface area (Å²) < 4.78 is 25.6. The first kappa shape index (κ1) is 21.3. The van der Waals surface area contributed by atoms with Gasteiger partial charge in [-0.3, -0.25) is 4.99 Å². The predicted octanol–water partition coefficient (Wildman–Crippen LogP) is 2.29. The van der Waals surface area contributed by atoms with E-state index in [4.69, 9.17) is 18.0 Å². The Kier molecular flexibility index (Phi) is 5.97. The van der Waals surface area contributed by atoms with Crippen LogP contribution in [0.5, 0.6) is 0 Å². The lowest BCUT2D eigenvalue weighted by molar-refractivity contribution is 0.388. The van der Waals surface area contributed by atoms with Crippen LogP contribution in [0.4, 0.5) is 0 Å². The zero-order valence-electron chi connectivity index (χ0n) is 16.4. The fourth-order valence-corrected chi connectivity index (χ4v) is 4.83. The van der Waals surface area contributed by atoms with Crippen molar-refractivity contribution in [2.24, 2.45) is 27.1 Å². The van der Waals surface area contributed by atoms with Crippen molar-refractivity contribution in [3.63, 3.8) is 0 Å². The molecule has 146 valence electrons. The Morgan fingerprint density at radius 3 is 2.74 bits per heavy atom. The van der Waals surface area contributed by atoms with Gasteiger partial charge in [0.1, 0.15) is 0 Å². The van der Waals surface area contributed by atoms with Crippen molar-refractivity contribution in [1.82, 2.24) is 4.31 Å². The van der Waals surface area contributed by atoms with E-state index in [1.165, 1.54) is 7.05 Å². The number of hydrogen-bond donors (Lipinski definition) is 1. The molecule has 0 aromatic heterocycles. The van der Waals surface area contributed by atoms with Gasteiger partial charge in [-0.05, 0) is 38.8 Å². The van der Waals surface area contributed by atoms with Crippen molar-refractivity contribution in [1.29, 1.82) is 0 Å². The normalized spacial score (nSPS) is 30.9. The van der Waals surface area contributed by atoms with Gasteiger partial charge in [-0.15, -0.1) is 5.92 Å². The first-order chi connectivity index (χ1) is 12.4. The van der Waals surface area contributed by atoms with E-state index in [-0.39, 0.29) is 23.0 Å². The summed E-state index contributed by atoms with van der Waals surface area (Å²) in [5.74, 6) is 5.82. The molecule has 0 aliphatic carbocycles. The van der Waals surface area contributed by atoms with Crippen LogP contribution >= 0.6 is 12.2 Å². The highest BCUT2D eigenvalue weighted by atomic mass is 32.2. The second kappa shape index (κ2) is 7.56. The summed E-state index contributed by atoms with van der Waals surface area (Å²) in [5.41, 5.74) is 5.57. The quantitative estimate of drug-likeness (QED) is 0.441. The molecule has 2 rings (SSSR count). The molecular formula is C19H26N4O2S2. The van der Waals surface area contributed by atoms with E-state index >= 15 is 0 Å². The summed E-state index contributed by atoms with van der Waals surface area (Å²) in [5, 5.41) is 0. The molecule has 0 radical (unpaired) electrons. The summed E-state index contributed by atoms with van der Waals surface area (Å²) in [6, 6.07) is 0. The molecule has 0 fully saturated rings. The molecule has 3 unspecified atom stereocenters. The van der Waals surface area contributed by atoms with Crippen molar-refractivity contribution in [3.8, 4) is 11.8 Å². The number of aliphatic imine (C=N–C) groups is 2. The second-order valence-corrected chi connectivity index (χ2v) is 9.90. The van der Waals surface area contributed by atoms with E-state index in [0.29, 0.717) is 11.3 Å². The van der Waals surface area contributed by atoms with Crippen LogP contribution in [-0.2, 0) is 10.0 Å². The first-order valence-electron chi connectivity index (χ1n) is 8.64. The minimum absolute atomic E-state index is 0.00445. The molecule has 2 N–H and O–H groups in total. The topological polar surface area (TPSA) is 88.1 Å². The van der Waals surface area contributed by atoms with E-state index in [1.807, 2.05) is 32.2 Å². The largest absolute Gasteiger partial charge is 0.369 e. The van der Waals surface area contributed by atoms with Crippen LogP contribution in [-0.4, -0.2) is 48.1 Å². The maximum atomic E-state index is 12.3. The summed E-state index contributed by atoms with van der Waals surface area (Å²) >= 11 is 5.54. The van der Waals surface area contributed by atoms with E-state index in [1.54, 1.807) is 20.0 Å². The van der Waals surface area contributed by atoms with E-state index in [0.717, 1.165) is 9.88 Å². The van der Waals surface area contributed by atoms with Crippen LogP contribution in [0.15, 0.2) is 33.9 Å². The molecule has 0 saturated carbocycles. The smallest absolute Gasteiger partial charge is 0.239 e. The number of guanidine groups is 1. The minimum Gasteiger partial charge on any atom is -0.369 e. The van der Waals surface area contributed by atoms with Gasteiger partial charge in [-0.2, -0.15) is 0 Å². The Morgan fingerprint density at radius 2 is 2.15 bits per heavy atom. The predicted molar refractivity (Wildman–Crippen MR) is 115 cm³/mol. The third-order valence-electron chi connectivity index (χ3n) is 4.98. The van der Waals surface area contributed by atoms with Crippen LogP contribution < -0.4 is 5.73 Å². The zero-order chi connectivity index (χ0) is 20.5. The van der Waals surface area contributed by atoms with Gasteiger partial charge < -0.3 is 5.73 Å². The van der Waals surface area contributed by atoms with Gasteiger partial charge in [-0.25, -0.2) is 17.7 Å². The first-order valence-corrected chi connectivity index (χ1v) is 10.7. The Hall–Kier alpha value is -1.98. The lowest BCUT2D eigenvalue weighted by Gasteiger charge is -2.37. The second-order valence-electron chi connectivity index (χ2n) is 7.46. The summed E-state index contributed by atoms with van der Waals surface area (Å²) in [6.07, 6.45) is 8.00. The number of nitrogens with two attached hydrogens (primary N) is 1. The average Bonchev–Trinajstić information content (AvgIpc) is 2.56. The van der Waals surface area contributed by atoms with Gasteiger partial charge in [0.2, 0.25) is 16.0 Å². The molecule has 0 bridgehead atoms. The SMILES string of the molecule is CC#CC1(C)C=NC=C(C(=S)/C=C\C(C)C2(C)CS(=O)(=O)N(C)C(N)=N2)C1. The van der Waals surface area contributed by atoms with Gasteiger partial charge in [0.05, 0.1) is 16.7 Å². The van der Waals surface area contributed by atoms with Crippen LogP contribution in [0.2, 0.25) is 0 Å². The Bertz CT molecular complexity index is 921. The minimum atomic E-state index is -3.48. The molecular weight excluding hydrogens is 380 g/mol. The van der Waals surface area contributed by atoms with Crippen molar-refractivity contribution >= 4 is 39.3 Å². The average molecular weight is 407 g/mol. The van der Waals surface area contributed by atoms with Gasteiger partial charge in [0.15, 0.2) is 0 Å². The molecule has 0 aromatic rings. The van der Waals surface area contributed by atoms with Crippen molar-refractivity contribution < 1.29 is 8.42 Å². The highest BCUT2D eigenvalue weighted by Gasteiger charge is 2.41. The summed E-state index contributed by atoms with van der Waals surface area (Å²) in [7, 11) is -2.07. The fraction of sp³-hybridized carbons (Fsp3) is 0.526. The van der Waals surface area contributed by atoms with Gasteiger partial charge in [0.25, 0.3) is 0 Å². The van der Waals surface area contributed by atoms with E-state index in [9.17, 15) is 8.42 Å². The number of thiocarbonyl (C=S) groups is 1. The fourth-order valence-electron chi connectivity index (χ4n) is 3.04. The number of allylic oxidation sites excluding steroid dienone is 2. The Morgan fingerprint density at radius 1 is 1.48 bits per heavy atom. The molecule has 0 spiro atoms. The highest BCUT2D eigenvalue weighted by molar-refractivity contribution is 7.89. The van der Waals surface area contributed by atoms with Gasteiger partial charge in [0, 0.05) is 30.2 Å². The molecule has 2 aliphatic heterocycles. The van der Waals surface area contributed by atoms with Crippen LogP contribution in [0, 0.1) is 23.2 Å². The summed E-state index contributed by atoms with van der Waals surface area (Å²) in [4.78, 5) is 9.37. The molecule has 8 heteroatoms. The van der Waals surface area contributed by atoms with Crippen molar-refractivity contribution in [3.05, 3.63) is 23.9 Å². The zero-order valence-corrected chi connectivity index (χ0v) is 18.0. The molecule has 6 nitrogen and oxygen atoms in total. The molecule has 2 heterocycles. The molecule has 0 saturated heterocycles. The van der Waals surface area contributed by atoms with Gasteiger partial charge >= 0.3 is 0 Å². The number of rotatable bonds is 4. The van der Waals surface area contributed by atoms with Crippen LogP contribution in [0.25, 0.3) is 0 Å². The standard InChI is InChI=1S/C19H26N4O2S2/c1-6-9-18(3)10-15(11-21-12-18)16(26)8-7-14(2)19(4)13-27(24,25)23(5)17(20)22-19/h7-8,11-12,14H,10,13H2,1-5H3,(H2,20,22)/b8-7-. The number of nitrogens with zero attached hydrogens (tertiary/aromatic N) is 3. The maximum absolute atomic E-state index is 12.3. The van der Waals surface area contributed by atoms with Crippen molar-refractivity contribution in [2.45, 2.75) is 39.7 Å².